The van der Waals surface area contributed by atoms with Crippen LogP contribution in [-0.4, -0.2) is 59.1 Å². The molecule has 0 aromatic heterocycles. The molecule has 1 aromatic rings. The maximum absolute atomic E-state index is 12.2. The molecule has 3 amide bonds. The molecule has 8 nitrogen and oxygen atoms in total. The third-order valence-corrected chi connectivity index (χ3v) is 4.50. The molecule has 0 spiro atoms. The number of carbonyl (C=O) groups is 2. The number of hydrogen-bond acceptors (Lipinski definition) is 5. The van der Waals surface area contributed by atoms with Crippen molar-refractivity contribution in [2.45, 2.75) is 31.2 Å². The Morgan fingerprint density at radius 1 is 1.37 bits per heavy atom. The molecule has 0 bridgehead atoms. The standard InChI is InChI=1S/C18H23BN4O4/c1-13(11-20)17(24)23-9-5-8-15(23)12-21-18(25)22-16(19(26)27)10-14-6-3-2-4-7-14/h2-4,6-7,15-16,26-27H,1,5,8-10,12H2,(H2,21,22,25)/t15-,16-/m0/s1. The number of nitriles is 1. The minimum atomic E-state index is -1.71. The lowest BCUT2D eigenvalue weighted by Crippen LogP contribution is -2.53. The molecule has 0 radical (unpaired) electrons. The van der Waals surface area contributed by atoms with Gasteiger partial charge >= 0.3 is 13.1 Å². The average Bonchev–Trinajstić information content (AvgIpc) is 3.13. The highest BCUT2D eigenvalue weighted by atomic mass is 16.4. The highest BCUT2D eigenvalue weighted by Crippen LogP contribution is 2.18. The molecule has 142 valence electrons. The molecule has 1 fully saturated rings. The molecule has 2 atom stereocenters. The van der Waals surface area contributed by atoms with Crippen molar-refractivity contribution >= 4 is 19.1 Å². The monoisotopic (exact) mass is 370 g/mol. The molecule has 27 heavy (non-hydrogen) atoms. The van der Waals surface area contributed by atoms with E-state index in [0.717, 1.165) is 12.0 Å². The molecule has 1 aliphatic rings. The van der Waals surface area contributed by atoms with Crippen LogP contribution in [0.1, 0.15) is 18.4 Å². The van der Waals surface area contributed by atoms with E-state index in [9.17, 15) is 19.6 Å². The van der Waals surface area contributed by atoms with Gasteiger partial charge in [0.05, 0.1) is 5.94 Å². The van der Waals surface area contributed by atoms with Crippen LogP contribution in [-0.2, 0) is 11.2 Å². The Hall–Kier alpha value is -2.83. The van der Waals surface area contributed by atoms with E-state index in [1.54, 1.807) is 6.07 Å². The predicted octanol–water partition coefficient (Wildman–Crippen LogP) is -0.0203. The van der Waals surface area contributed by atoms with Crippen molar-refractivity contribution < 1.29 is 19.6 Å². The first-order valence-electron chi connectivity index (χ1n) is 8.76. The number of carbonyl (C=O) groups excluding carboxylic acids is 2. The zero-order chi connectivity index (χ0) is 19.8. The van der Waals surface area contributed by atoms with Crippen molar-refractivity contribution in [1.82, 2.24) is 15.5 Å². The van der Waals surface area contributed by atoms with Crippen LogP contribution in [0.4, 0.5) is 4.79 Å². The largest absolute Gasteiger partial charge is 0.475 e. The van der Waals surface area contributed by atoms with Gasteiger partial charge in [-0.3, -0.25) is 4.79 Å². The molecule has 1 aliphatic heterocycles. The van der Waals surface area contributed by atoms with Crippen LogP contribution in [0.15, 0.2) is 42.5 Å². The fourth-order valence-corrected chi connectivity index (χ4v) is 3.07. The second kappa shape index (κ2) is 9.76. The summed E-state index contributed by atoms with van der Waals surface area (Å²) in [4.78, 5) is 25.8. The molecule has 1 saturated heterocycles. The normalized spacial score (nSPS) is 16.9. The Morgan fingerprint density at radius 2 is 2.07 bits per heavy atom. The van der Waals surface area contributed by atoms with E-state index < -0.39 is 25.0 Å². The van der Waals surface area contributed by atoms with E-state index in [0.29, 0.717) is 13.0 Å². The molecule has 1 aromatic carbocycles. The number of nitrogens with zero attached hydrogens (tertiary/aromatic N) is 2. The van der Waals surface area contributed by atoms with Gasteiger partial charge in [0.2, 0.25) is 0 Å². The van der Waals surface area contributed by atoms with Gasteiger partial charge in [0.25, 0.3) is 5.91 Å². The van der Waals surface area contributed by atoms with Gasteiger partial charge in [-0.15, -0.1) is 0 Å². The topological polar surface area (TPSA) is 126 Å². The quantitative estimate of drug-likeness (QED) is 0.305. The van der Waals surface area contributed by atoms with Crippen molar-refractivity contribution in [2.24, 2.45) is 0 Å². The molecule has 4 N–H and O–H groups in total. The van der Waals surface area contributed by atoms with Gasteiger partial charge in [-0.2, -0.15) is 5.26 Å². The lowest BCUT2D eigenvalue weighted by Gasteiger charge is -2.25. The van der Waals surface area contributed by atoms with Crippen LogP contribution in [0.3, 0.4) is 0 Å². The minimum absolute atomic E-state index is 0.127. The second-order valence-electron chi connectivity index (χ2n) is 6.45. The fourth-order valence-electron chi connectivity index (χ4n) is 3.07. The van der Waals surface area contributed by atoms with E-state index in [4.69, 9.17) is 5.26 Å². The molecular formula is C18H23BN4O4. The summed E-state index contributed by atoms with van der Waals surface area (Å²) in [6.45, 7) is 4.16. The van der Waals surface area contributed by atoms with Crippen molar-refractivity contribution in [3.8, 4) is 6.07 Å². The molecule has 0 unspecified atom stereocenters. The second-order valence-corrected chi connectivity index (χ2v) is 6.45. The van der Waals surface area contributed by atoms with Gasteiger partial charge in [-0.25, -0.2) is 4.79 Å². The van der Waals surface area contributed by atoms with E-state index in [1.165, 1.54) is 4.90 Å². The Bertz CT molecular complexity index is 720. The molecule has 0 saturated carbocycles. The summed E-state index contributed by atoms with van der Waals surface area (Å²) < 4.78 is 0. The first-order valence-corrected chi connectivity index (χ1v) is 8.76. The van der Waals surface area contributed by atoms with Crippen molar-refractivity contribution in [3.05, 3.63) is 48.0 Å². The van der Waals surface area contributed by atoms with Crippen LogP contribution >= 0.6 is 0 Å². The number of hydrogen-bond donors (Lipinski definition) is 4. The Morgan fingerprint density at radius 3 is 2.70 bits per heavy atom. The number of amides is 3. The number of likely N-dealkylation sites (tertiary alicyclic amines) is 1. The van der Waals surface area contributed by atoms with Gasteiger partial charge in [0.1, 0.15) is 11.6 Å². The van der Waals surface area contributed by atoms with Crippen LogP contribution in [0, 0.1) is 11.3 Å². The maximum Gasteiger partial charge on any atom is 0.475 e. The summed E-state index contributed by atoms with van der Waals surface area (Å²) >= 11 is 0. The van der Waals surface area contributed by atoms with Gasteiger partial charge < -0.3 is 25.6 Å². The summed E-state index contributed by atoms with van der Waals surface area (Å²) in [6, 6.07) is 10.1. The summed E-state index contributed by atoms with van der Waals surface area (Å²) in [7, 11) is -1.71. The lowest BCUT2D eigenvalue weighted by molar-refractivity contribution is -0.127. The summed E-state index contributed by atoms with van der Waals surface area (Å²) in [5, 5.41) is 33.1. The number of rotatable bonds is 7. The number of urea groups is 1. The van der Waals surface area contributed by atoms with Gasteiger partial charge in [-0.1, -0.05) is 36.9 Å². The van der Waals surface area contributed by atoms with Crippen molar-refractivity contribution in [1.29, 1.82) is 5.26 Å². The van der Waals surface area contributed by atoms with E-state index in [-0.39, 0.29) is 24.6 Å². The van der Waals surface area contributed by atoms with E-state index in [2.05, 4.69) is 17.2 Å². The van der Waals surface area contributed by atoms with Crippen LogP contribution in [0.2, 0.25) is 0 Å². The van der Waals surface area contributed by atoms with Crippen molar-refractivity contribution in [3.63, 3.8) is 0 Å². The Balaban J connectivity index is 1.87. The molecular weight excluding hydrogens is 347 g/mol. The first-order chi connectivity index (χ1) is 12.9. The number of nitrogens with one attached hydrogen (secondary N) is 2. The zero-order valence-corrected chi connectivity index (χ0v) is 15.0. The summed E-state index contributed by atoms with van der Waals surface area (Å²) in [5.41, 5.74) is 0.733. The molecule has 0 aliphatic carbocycles. The minimum Gasteiger partial charge on any atom is -0.426 e. The van der Waals surface area contributed by atoms with Gasteiger partial charge in [0.15, 0.2) is 0 Å². The van der Waals surface area contributed by atoms with Gasteiger partial charge in [-0.05, 0) is 24.8 Å². The summed E-state index contributed by atoms with van der Waals surface area (Å²) in [5.74, 6) is -1.29. The molecule has 2 rings (SSSR count). The fraction of sp³-hybridized carbons (Fsp3) is 0.389. The number of benzene rings is 1. The SMILES string of the molecule is C=C(C#N)C(=O)N1CCC[C@H]1CNC(=O)N[C@@H](Cc1ccccc1)B(O)O. The molecule has 1 heterocycles. The molecule has 9 heteroatoms. The van der Waals surface area contributed by atoms with Crippen LogP contribution < -0.4 is 10.6 Å². The maximum atomic E-state index is 12.2. The van der Waals surface area contributed by atoms with Crippen LogP contribution in [0.5, 0.6) is 0 Å². The van der Waals surface area contributed by atoms with E-state index in [1.807, 2.05) is 30.3 Å². The predicted molar refractivity (Wildman–Crippen MR) is 100 cm³/mol. The third kappa shape index (κ3) is 5.84. The first kappa shape index (κ1) is 20.5. The Labute approximate surface area is 158 Å². The smallest absolute Gasteiger partial charge is 0.426 e. The van der Waals surface area contributed by atoms with E-state index >= 15 is 0 Å². The third-order valence-electron chi connectivity index (χ3n) is 4.50. The highest BCUT2D eigenvalue weighted by molar-refractivity contribution is 6.43. The lowest BCUT2D eigenvalue weighted by atomic mass is 9.76. The Kier molecular flexibility index (Phi) is 7.40. The highest BCUT2D eigenvalue weighted by Gasteiger charge is 2.31. The van der Waals surface area contributed by atoms with Crippen LogP contribution in [0.25, 0.3) is 0 Å². The average molecular weight is 370 g/mol. The van der Waals surface area contributed by atoms with Crippen molar-refractivity contribution in [2.75, 3.05) is 13.1 Å². The van der Waals surface area contributed by atoms with Gasteiger partial charge in [0, 0.05) is 19.1 Å². The zero-order valence-electron chi connectivity index (χ0n) is 15.0. The summed E-state index contributed by atoms with van der Waals surface area (Å²) in [6.07, 6.45) is 1.76.